The molecule has 9 nitrogen and oxygen atoms in total. The third-order valence-electron chi connectivity index (χ3n) is 5.01. The minimum absolute atomic E-state index is 0.0570. The molecule has 1 spiro atoms. The molecule has 0 saturated carbocycles. The number of hydrogen-bond acceptors (Lipinski definition) is 6. The summed E-state index contributed by atoms with van der Waals surface area (Å²) in [6.07, 6.45) is 3.37. The average Bonchev–Trinajstić information content (AvgIpc) is 2.84. The number of nitrogens with zero attached hydrogens (tertiary/aromatic N) is 4. The molecule has 1 amide bonds. The normalized spacial score (nSPS) is 23.5. The van der Waals surface area contributed by atoms with Crippen LogP contribution in [-0.2, 0) is 21.4 Å². The van der Waals surface area contributed by atoms with Crippen LogP contribution in [-0.4, -0.2) is 54.8 Å². The van der Waals surface area contributed by atoms with E-state index < -0.39 is 10.2 Å². The number of hydrogen-bond donors (Lipinski definition) is 2. The number of carbonyl (C=O) groups excluding carboxylic acids is 1. The zero-order valence-corrected chi connectivity index (χ0v) is 13.3. The van der Waals surface area contributed by atoms with Gasteiger partial charge < -0.3 is 10.2 Å². The first-order chi connectivity index (χ1) is 10.9. The van der Waals surface area contributed by atoms with Gasteiger partial charge in [-0.25, -0.2) is 15.1 Å². The number of anilines is 2. The van der Waals surface area contributed by atoms with Crippen LogP contribution in [0.5, 0.6) is 0 Å². The summed E-state index contributed by atoms with van der Waals surface area (Å²) in [6, 6.07) is 0. The topological polar surface area (TPSA) is 122 Å². The smallest absolute Gasteiger partial charge is 0.276 e. The third-order valence-corrected chi connectivity index (χ3v) is 6.10. The molecule has 2 fully saturated rings. The van der Waals surface area contributed by atoms with Gasteiger partial charge in [-0.3, -0.25) is 4.79 Å². The van der Waals surface area contributed by atoms with Crippen molar-refractivity contribution in [2.24, 2.45) is 10.6 Å². The van der Waals surface area contributed by atoms with E-state index >= 15 is 0 Å². The van der Waals surface area contributed by atoms with Gasteiger partial charge in [-0.15, -0.1) is 0 Å². The highest BCUT2D eigenvalue weighted by atomic mass is 32.2. The summed E-state index contributed by atoms with van der Waals surface area (Å²) < 4.78 is 24.1. The van der Waals surface area contributed by atoms with Crippen molar-refractivity contribution in [3.05, 3.63) is 11.9 Å². The van der Waals surface area contributed by atoms with E-state index in [1.165, 1.54) is 10.6 Å². The second-order valence-corrected chi connectivity index (χ2v) is 8.10. The maximum absolute atomic E-state index is 11.5. The highest BCUT2D eigenvalue weighted by Gasteiger charge is 2.47. The fourth-order valence-corrected chi connectivity index (χ4v) is 4.42. The molecule has 0 aliphatic carbocycles. The average molecular weight is 338 g/mol. The summed E-state index contributed by atoms with van der Waals surface area (Å²) in [7, 11) is -3.59. The molecular formula is C13H18N6O3S. The zero-order chi connectivity index (χ0) is 16.2. The lowest BCUT2D eigenvalue weighted by Gasteiger charge is -2.54. The largest absolute Gasteiger partial charge is 0.355 e. The molecule has 0 atom stereocenters. The van der Waals surface area contributed by atoms with Gasteiger partial charge in [0.15, 0.2) is 0 Å². The molecule has 1 aromatic rings. The number of amides is 1. The van der Waals surface area contributed by atoms with E-state index in [4.69, 9.17) is 5.14 Å². The van der Waals surface area contributed by atoms with Crippen LogP contribution in [0, 0.1) is 5.41 Å². The van der Waals surface area contributed by atoms with Gasteiger partial charge in [-0.05, 0) is 12.8 Å². The molecule has 10 heteroatoms. The molecule has 0 radical (unpaired) electrons. The molecule has 4 rings (SSSR count). The van der Waals surface area contributed by atoms with E-state index in [1.807, 2.05) is 0 Å². The van der Waals surface area contributed by atoms with Crippen LogP contribution in [0.4, 0.5) is 11.6 Å². The minimum Gasteiger partial charge on any atom is -0.355 e. The highest BCUT2D eigenvalue weighted by Crippen LogP contribution is 2.44. The Hall–Kier alpha value is -1.78. The minimum atomic E-state index is -3.59. The fraction of sp³-hybridized carbons (Fsp3) is 0.615. The van der Waals surface area contributed by atoms with Crippen LogP contribution in [0.2, 0.25) is 0 Å². The van der Waals surface area contributed by atoms with E-state index in [0.717, 1.165) is 37.3 Å². The van der Waals surface area contributed by atoms with Crippen LogP contribution < -0.4 is 15.4 Å². The van der Waals surface area contributed by atoms with E-state index in [2.05, 4.69) is 20.2 Å². The van der Waals surface area contributed by atoms with Crippen molar-refractivity contribution >= 4 is 27.8 Å². The molecule has 124 valence electrons. The van der Waals surface area contributed by atoms with Gasteiger partial charge >= 0.3 is 0 Å². The molecule has 4 heterocycles. The van der Waals surface area contributed by atoms with Crippen LogP contribution in [0.1, 0.15) is 18.4 Å². The quantitative estimate of drug-likeness (QED) is 0.719. The SMILES string of the molecule is NS(=O)(=O)N1CCC2(CC1)CN(c1ncnc3c1CC(=O)N3)C2. The monoisotopic (exact) mass is 338 g/mol. The molecule has 23 heavy (non-hydrogen) atoms. The van der Waals surface area contributed by atoms with Gasteiger partial charge in [-0.1, -0.05) is 0 Å². The van der Waals surface area contributed by atoms with E-state index in [-0.39, 0.29) is 11.3 Å². The van der Waals surface area contributed by atoms with Crippen molar-refractivity contribution in [3.63, 3.8) is 0 Å². The summed E-state index contributed by atoms with van der Waals surface area (Å²) in [6.45, 7) is 2.58. The molecule has 3 aliphatic rings. The molecule has 0 unspecified atom stereocenters. The number of piperidine rings is 1. The van der Waals surface area contributed by atoms with Gasteiger partial charge in [0.05, 0.1) is 6.42 Å². The summed E-state index contributed by atoms with van der Waals surface area (Å²) in [5.41, 5.74) is 0.976. The van der Waals surface area contributed by atoms with Crippen LogP contribution in [0.25, 0.3) is 0 Å². The summed E-state index contributed by atoms with van der Waals surface area (Å²) in [4.78, 5) is 22.1. The van der Waals surface area contributed by atoms with Crippen molar-refractivity contribution in [3.8, 4) is 0 Å². The Morgan fingerprint density at radius 3 is 2.57 bits per heavy atom. The van der Waals surface area contributed by atoms with Crippen molar-refractivity contribution in [1.29, 1.82) is 0 Å². The first kappa shape index (κ1) is 14.8. The molecule has 3 N–H and O–H groups in total. The fourth-order valence-electron chi connectivity index (χ4n) is 3.73. The molecule has 0 bridgehead atoms. The number of rotatable bonds is 2. The standard InChI is InChI=1S/C13H18N6O3S/c14-23(21,22)19-3-1-13(2-4-19)6-18(7-13)12-9-5-10(20)17-11(9)15-8-16-12/h8H,1-7H2,(H2,14,21,22)(H,15,16,17,20). The maximum Gasteiger partial charge on any atom is 0.276 e. The Morgan fingerprint density at radius 1 is 1.22 bits per heavy atom. The number of nitrogens with one attached hydrogen (secondary N) is 1. The molecule has 2 saturated heterocycles. The van der Waals surface area contributed by atoms with Crippen molar-refractivity contribution < 1.29 is 13.2 Å². The first-order valence-corrected chi connectivity index (χ1v) is 9.03. The summed E-state index contributed by atoms with van der Waals surface area (Å²) in [5.74, 6) is 1.36. The second-order valence-electron chi connectivity index (χ2n) is 6.55. The van der Waals surface area contributed by atoms with Gasteiger partial charge in [0, 0.05) is 37.2 Å². The lowest BCUT2D eigenvalue weighted by Crippen LogP contribution is -2.61. The van der Waals surface area contributed by atoms with Gasteiger partial charge in [0.2, 0.25) is 5.91 Å². The summed E-state index contributed by atoms with van der Waals surface area (Å²) in [5, 5.41) is 7.91. The third kappa shape index (κ3) is 2.46. The summed E-state index contributed by atoms with van der Waals surface area (Å²) >= 11 is 0. The van der Waals surface area contributed by atoms with Gasteiger partial charge in [0.1, 0.15) is 18.0 Å². The molecule has 1 aromatic heterocycles. The van der Waals surface area contributed by atoms with Crippen molar-refractivity contribution in [2.75, 3.05) is 36.4 Å². The van der Waals surface area contributed by atoms with E-state index in [9.17, 15) is 13.2 Å². The van der Waals surface area contributed by atoms with Gasteiger partial charge in [-0.2, -0.15) is 12.7 Å². The number of carbonyl (C=O) groups is 1. The van der Waals surface area contributed by atoms with Crippen LogP contribution >= 0.6 is 0 Å². The number of aromatic nitrogens is 2. The Morgan fingerprint density at radius 2 is 1.91 bits per heavy atom. The first-order valence-electron chi connectivity index (χ1n) is 7.53. The van der Waals surface area contributed by atoms with Gasteiger partial charge in [0.25, 0.3) is 10.2 Å². The maximum atomic E-state index is 11.5. The molecular weight excluding hydrogens is 320 g/mol. The second kappa shape index (κ2) is 4.86. The Balaban J connectivity index is 1.45. The van der Waals surface area contributed by atoms with Crippen LogP contribution in [0.15, 0.2) is 6.33 Å². The zero-order valence-electron chi connectivity index (χ0n) is 12.5. The highest BCUT2D eigenvalue weighted by molar-refractivity contribution is 7.86. The van der Waals surface area contributed by atoms with E-state index in [0.29, 0.717) is 25.3 Å². The lowest BCUT2D eigenvalue weighted by atomic mass is 9.72. The number of nitrogens with two attached hydrogens (primary N) is 1. The Bertz CT molecular complexity index is 764. The van der Waals surface area contributed by atoms with E-state index in [1.54, 1.807) is 0 Å². The molecule has 3 aliphatic heterocycles. The van der Waals surface area contributed by atoms with Crippen molar-refractivity contribution in [1.82, 2.24) is 14.3 Å². The van der Waals surface area contributed by atoms with Crippen LogP contribution in [0.3, 0.4) is 0 Å². The lowest BCUT2D eigenvalue weighted by molar-refractivity contribution is -0.115. The Labute approximate surface area is 134 Å². The Kier molecular flexibility index (Phi) is 3.12. The number of fused-ring (bicyclic) bond motifs is 1. The predicted molar refractivity (Wildman–Crippen MR) is 82.9 cm³/mol. The predicted octanol–water partition coefficient (Wildman–Crippen LogP) is -0.923. The molecule has 0 aromatic carbocycles. The van der Waals surface area contributed by atoms with Crippen molar-refractivity contribution in [2.45, 2.75) is 19.3 Å².